The number of rotatable bonds is 4. The zero-order chi connectivity index (χ0) is 15.4. The fourth-order valence-corrected chi connectivity index (χ4v) is 2.26. The summed E-state index contributed by atoms with van der Waals surface area (Å²) in [6, 6.07) is 12.6. The highest BCUT2D eigenvalue weighted by atomic mass is 35.5. The van der Waals surface area contributed by atoms with E-state index in [1.54, 1.807) is 6.07 Å². The van der Waals surface area contributed by atoms with Crippen molar-refractivity contribution in [3.05, 3.63) is 64.2 Å². The number of carbonyl (C=O) groups is 1. The molecule has 0 heterocycles. The van der Waals surface area contributed by atoms with E-state index < -0.39 is 6.04 Å². The smallest absolute Gasteiger partial charge is 0.332 e. The predicted octanol–water partition coefficient (Wildman–Crippen LogP) is 4.28. The van der Waals surface area contributed by atoms with Crippen LogP contribution in [0.15, 0.2) is 42.5 Å². The van der Waals surface area contributed by atoms with Gasteiger partial charge in [-0.25, -0.2) is 4.79 Å². The molecule has 1 N–H and O–H groups in total. The first-order chi connectivity index (χ1) is 10.0. The van der Waals surface area contributed by atoms with Gasteiger partial charge in [0.15, 0.2) is 6.04 Å². The summed E-state index contributed by atoms with van der Waals surface area (Å²) in [5, 5.41) is 3.72. The van der Waals surface area contributed by atoms with Gasteiger partial charge < -0.3 is 10.1 Å². The van der Waals surface area contributed by atoms with Gasteiger partial charge in [0, 0.05) is 0 Å². The van der Waals surface area contributed by atoms with Crippen LogP contribution in [0.1, 0.15) is 22.7 Å². The number of ether oxygens (including phenoxy) is 1. The molecule has 0 spiro atoms. The quantitative estimate of drug-likeness (QED) is 0.857. The maximum absolute atomic E-state index is 12.1. The third-order valence-electron chi connectivity index (χ3n) is 3.47. The SMILES string of the molecule is COC(=O)C(Nc1ccccc1Cl)c1ccc(C)c(C)c1. The molecule has 0 aliphatic rings. The molecule has 0 aromatic heterocycles. The summed E-state index contributed by atoms with van der Waals surface area (Å²) in [6.07, 6.45) is 0. The summed E-state index contributed by atoms with van der Waals surface area (Å²) in [7, 11) is 1.38. The van der Waals surface area contributed by atoms with E-state index in [0.717, 1.165) is 11.1 Å². The minimum absolute atomic E-state index is 0.349. The zero-order valence-electron chi connectivity index (χ0n) is 12.3. The van der Waals surface area contributed by atoms with Crippen molar-refractivity contribution in [2.45, 2.75) is 19.9 Å². The average molecular weight is 304 g/mol. The first-order valence-electron chi connectivity index (χ1n) is 6.69. The first kappa shape index (κ1) is 15.4. The molecule has 0 amide bonds. The summed E-state index contributed by atoms with van der Waals surface area (Å²) >= 11 is 6.15. The van der Waals surface area contributed by atoms with Crippen LogP contribution in [-0.2, 0) is 9.53 Å². The van der Waals surface area contributed by atoms with Crippen molar-refractivity contribution in [2.75, 3.05) is 12.4 Å². The lowest BCUT2D eigenvalue weighted by molar-refractivity contribution is -0.141. The predicted molar refractivity (Wildman–Crippen MR) is 85.7 cm³/mol. The molecule has 1 atom stereocenters. The Hall–Kier alpha value is -2.00. The maximum Gasteiger partial charge on any atom is 0.332 e. The van der Waals surface area contributed by atoms with E-state index in [-0.39, 0.29) is 5.97 Å². The summed E-state index contributed by atoms with van der Waals surface area (Å²) in [5.41, 5.74) is 3.86. The van der Waals surface area contributed by atoms with E-state index in [4.69, 9.17) is 16.3 Å². The van der Waals surface area contributed by atoms with Crippen LogP contribution < -0.4 is 5.32 Å². The number of aryl methyl sites for hydroxylation is 2. The largest absolute Gasteiger partial charge is 0.467 e. The Bertz CT molecular complexity index is 655. The number of para-hydroxylation sites is 1. The normalized spacial score (nSPS) is 11.8. The Balaban J connectivity index is 2.37. The molecule has 3 nitrogen and oxygen atoms in total. The van der Waals surface area contributed by atoms with E-state index in [2.05, 4.69) is 5.32 Å². The maximum atomic E-state index is 12.1. The van der Waals surface area contributed by atoms with Crippen LogP contribution in [0.3, 0.4) is 0 Å². The Kier molecular flexibility index (Phi) is 4.86. The Morgan fingerprint density at radius 2 is 1.86 bits per heavy atom. The topological polar surface area (TPSA) is 38.3 Å². The van der Waals surface area contributed by atoms with Gasteiger partial charge in [0.1, 0.15) is 0 Å². The molecule has 0 aliphatic carbocycles. The second-order valence-corrected chi connectivity index (χ2v) is 5.33. The van der Waals surface area contributed by atoms with Crippen molar-refractivity contribution in [3.8, 4) is 0 Å². The van der Waals surface area contributed by atoms with Crippen molar-refractivity contribution in [2.24, 2.45) is 0 Å². The van der Waals surface area contributed by atoms with E-state index >= 15 is 0 Å². The van der Waals surface area contributed by atoms with Crippen LogP contribution >= 0.6 is 11.6 Å². The number of nitrogens with one attached hydrogen (secondary N) is 1. The highest BCUT2D eigenvalue weighted by molar-refractivity contribution is 6.33. The number of hydrogen-bond donors (Lipinski definition) is 1. The molecule has 0 aliphatic heterocycles. The molecule has 1 unspecified atom stereocenters. The molecule has 2 aromatic carbocycles. The highest BCUT2D eigenvalue weighted by Gasteiger charge is 2.22. The number of esters is 1. The molecule has 21 heavy (non-hydrogen) atoms. The van der Waals surface area contributed by atoms with Gasteiger partial charge in [-0.05, 0) is 42.7 Å². The number of halogens is 1. The van der Waals surface area contributed by atoms with Gasteiger partial charge in [0.05, 0.1) is 17.8 Å². The lowest BCUT2D eigenvalue weighted by Gasteiger charge is -2.19. The molecule has 4 heteroatoms. The molecule has 2 rings (SSSR count). The van der Waals surface area contributed by atoms with Gasteiger partial charge in [-0.15, -0.1) is 0 Å². The Morgan fingerprint density at radius 3 is 2.48 bits per heavy atom. The minimum atomic E-state index is -0.589. The van der Waals surface area contributed by atoms with E-state index in [9.17, 15) is 4.79 Å². The number of methoxy groups -OCH3 is 1. The molecule has 2 aromatic rings. The van der Waals surface area contributed by atoms with Crippen molar-refractivity contribution >= 4 is 23.3 Å². The summed E-state index contributed by atoms with van der Waals surface area (Å²) in [4.78, 5) is 12.1. The molecule has 0 saturated heterocycles. The van der Waals surface area contributed by atoms with Crippen molar-refractivity contribution in [3.63, 3.8) is 0 Å². The fourth-order valence-electron chi connectivity index (χ4n) is 2.07. The summed E-state index contributed by atoms with van der Waals surface area (Å²) < 4.78 is 4.90. The average Bonchev–Trinajstić information content (AvgIpc) is 2.48. The van der Waals surface area contributed by atoms with E-state index in [1.807, 2.05) is 50.2 Å². The number of benzene rings is 2. The summed E-state index contributed by atoms with van der Waals surface area (Å²) in [5.74, 6) is -0.349. The van der Waals surface area contributed by atoms with Crippen LogP contribution in [0.4, 0.5) is 5.69 Å². The van der Waals surface area contributed by atoms with Gasteiger partial charge in [-0.1, -0.05) is 41.9 Å². The molecular formula is C17H18ClNO2. The molecule has 0 bridgehead atoms. The van der Waals surface area contributed by atoms with Gasteiger partial charge in [-0.3, -0.25) is 0 Å². The van der Waals surface area contributed by atoms with Gasteiger partial charge >= 0.3 is 5.97 Å². The van der Waals surface area contributed by atoms with E-state index in [0.29, 0.717) is 10.7 Å². The second-order valence-electron chi connectivity index (χ2n) is 4.92. The standard InChI is InChI=1S/C17H18ClNO2/c1-11-8-9-13(10-12(11)2)16(17(20)21-3)19-15-7-5-4-6-14(15)18/h4-10,16,19H,1-3H3. The van der Waals surface area contributed by atoms with Crippen LogP contribution in [0.5, 0.6) is 0 Å². The molecule has 0 saturated carbocycles. The molecule has 0 fully saturated rings. The number of anilines is 1. The van der Waals surface area contributed by atoms with E-state index in [1.165, 1.54) is 12.7 Å². The number of hydrogen-bond acceptors (Lipinski definition) is 3. The third-order valence-corrected chi connectivity index (χ3v) is 3.80. The third kappa shape index (κ3) is 3.56. The highest BCUT2D eigenvalue weighted by Crippen LogP contribution is 2.27. The van der Waals surface area contributed by atoms with Gasteiger partial charge in [0.25, 0.3) is 0 Å². The summed E-state index contributed by atoms with van der Waals surface area (Å²) in [6.45, 7) is 4.05. The molecular weight excluding hydrogens is 286 g/mol. The number of carbonyl (C=O) groups excluding carboxylic acids is 1. The fraction of sp³-hybridized carbons (Fsp3) is 0.235. The lowest BCUT2D eigenvalue weighted by Crippen LogP contribution is -2.22. The Labute approximate surface area is 129 Å². The molecule has 110 valence electrons. The van der Waals surface area contributed by atoms with Gasteiger partial charge in [0.2, 0.25) is 0 Å². The van der Waals surface area contributed by atoms with Gasteiger partial charge in [-0.2, -0.15) is 0 Å². The monoisotopic (exact) mass is 303 g/mol. The zero-order valence-corrected chi connectivity index (χ0v) is 13.1. The van der Waals surface area contributed by atoms with Crippen molar-refractivity contribution in [1.82, 2.24) is 0 Å². The van der Waals surface area contributed by atoms with Crippen LogP contribution in [0.2, 0.25) is 5.02 Å². The minimum Gasteiger partial charge on any atom is -0.467 e. The van der Waals surface area contributed by atoms with Crippen LogP contribution in [0, 0.1) is 13.8 Å². The van der Waals surface area contributed by atoms with Crippen molar-refractivity contribution in [1.29, 1.82) is 0 Å². The van der Waals surface area contributed by atoms with Crippen LogP contribution in [-0.4, -0.2) is 13.1 Å². The Morgan fingerprint density at radius 1 is 1.14 bits per heavy atom. The second kappa shape index (κ2) is 6.64. The molecule has 0 radical (unpaired) electrons. The first-order valence-corrected chi connectivity index (χ1v) is 7.06. The lowest BCUT2D eigenvalue weighted by atomic mass is 10.0. The van der Waals surface area contributed by atoms with Crippen molar-refractivity contribution < 1.29 is 9.53 Å². The van der Waals surface area contributed by atoms with Crippen LogP contribution in [0.25, 0.3) is 0 Å².